The summed E-state index contributed by atoms with van der Waals surface area (Å²) < 4.78 is 0. The van der Waals surface area contributed by atoms with Gasteiger partial charge in [-0.3, -0.25) is 4.79 Å². The van der Waals surface area contributed by atoms with Gasteiger partial charge in [-0.1, -0.05) is 30.4 Å². The molecule has 1 fully saturated rings. The van der Waals surface area contributed by atoms with E-state index in [0.717, 1.165) is 11.1 Å². The maximum atomic E-state index is 11.9. The molecule has 1 aliphatic carbocycles. The third-order valence-electron chi connectivity index (χ3n) is 3.22. The van der Waals surface area contributed by atoms with E-state index in [2.05, 4.69) is 0 Å². The fourth-order valence-electron chi connectivity index (χ4n) is 1.91. The predicted octanol–water partition coefficient (Wildman–Crippen LogP) is 2.08. The minimum Gasteiger partial charge on any atom is -0.389 e. The Morgan fingerprint density at radius 3 is 2.83 bits per heavy atom. The molecule has 1 aliphatic rings. The highest BCUT2D eigenvalue weighted by molar-refractivity contribution is 7.80. The Labute approximate surface area is 113 Å². The molecule has 18 heavy (non-hydrogen) atoms. The zero-order valence-electron chi connectivity index (χ0n) is 10.6. The van der Waals surface area contributed by atoms with E-state index in [0.29, 0.717) is 23.9 Å². The zero-order chi connectivity index (χ0) is 13.1. The zero-order valence-corrected chi connectivity index (χ0v) is 11.4. The van der Waals surface area contributed by atoms with Gasteiger partial charge in [0.15, 0.2) is 0 Å². The fourth-order valence-corrected chi connectivity index (χ4v) is 2.04. The molecule has 0 saturated heterocycles. The fraction of sp³-hybridized carbons (Fsp3) is 0.429. The van der Waals surface area contributed by atoms with E-state index in [1.165, 1.54) is 12.8 Å². The van der Waals surface area contributed by atoms with Crippen LogP contribution in [0.5, 0.6) is 0 Å². The van der Waals surface area contributed by atoms with E-state index in [1.54, 1.807) is 4.90 Å². The summed E-state index contributed by atoms with van der Waals surface area (Å²) in [4.78, 5) is 14.1. The van der Waals surface area contributed by atoms with Crippen molar-refractivity contribution in [2.45, 2.75) is 25.8 Å². The van der Waals surface area contributed by atoms with Crippen LogP contribution < -0.4 is 5.73 Å². The maximum Gasteiger partial charge on any atom is 0.222 e. The second kappa shape index (κ2) is 5.48. The van der Waals surface area contributed by atoms with E-state index >= 15 is 0 Å². The van der Waals surface area contributed by atoms with Gasteiger partial charge in [0.1, 0.15) is 4.99 Å². The quantitative estimate of drug-likeness (QED) is 0.826. The molecule has 0 atom stereocenters. The first-order valence-corrected chi connectivity index (χ1v) is 6.60. The highest BCUT2D eigenvalue weighted by Crippen LogP contribution is 2.32. The van der Waals surface area contributed by atoms with Gasteiger partial charge in [-0.2, -0.15) is 0 Å². The molecule has 1 aromatic rings. The first-order valence-electron chi connectivity index (χ1n) is 6.19. The molecule has 1 saturated carbocycles. The van der Waals surface area contributed by atoms with E-state index in [1.807, 2.05) is 31.3 Å². The number of amides is 1. The van der Waals surface area contributed by atoms with Crippen molar-refractivity contribution < 1.29 is 4.79 Å². The highest BCUT2D eigenvalue weighted by Gasteiger charge is 2.25. The molecule has 2 N–H and O–H groups in total. The molecule has 2 rings (SSSR count). The van der Waals surface area contributed by atoms with Crippen LogP contribution in [-0.2, 0) is 11.3 Å². The summed E-state index contributed by atoms with van der Waals surface area (Å²) in [6.07, 6.45) is 3.10. The van der Waals surface area contributed by atoms with Gasteiger partial charge >= 0.3 is 0 Å². The lowest BCUT2D eigenvalue weighted by Gasteiger charge is -2.17. The minimum absolute atomic E-state index is 0.221. The normalized spacial score (nSPS) is 14.3. The Kier molecular flexibility index (Phi) is 3.97. The Morgan fingerprint density at radius 1 is 1.50 bits per heavy atom. The number of benzene rings is 1. The van der Waals surface area contributed by atoms with E-state index in [-0.39, 0.29) is 5.91 Å². The SMILES string of the molecule is CN(Cc1cccc(C(N)=S)c1)C(=O)CC1CC1. The molecule has 0 aliphatic heterocycles. The van der Waals surface area contributed by atoms with Crippen LogP contribution in [0, 0.1) is 5.92 Å². The van der Waals surface area contributed by atoms with Crippen molar-refractivity contribution in [2.24, 2.45) is 11.7 Å². The molecule has 0 spiro atoms. The molecule has 3 nitrogen and oxygen atoms in total. The van der Waals surface area contributed by atoms with Crippen molar-refractivity contribution in [1.29, 1.82) is 0 Å². The topological polar surface area (TPSA) is 46.3 Å². The summed E-state index contributed by atoms with van der Waals surface area (Å²) in [5.41, 5.74) is 7.51. The standard InChI is InChI=1S/C14H18N2OS/c1-16(13(17)8-10-5-6-10)9-11-3-2-4-12(7-11)14(15)18/h2-4,7,10H,5-6,8-9H2,1H3,(H2,15,18). The van der Waals surface area contributed by atoms with Crippen molar-refractivity contribution in [3.8, 4) is 0 Å². The predicted molar refractivity (Wildman–Crippen MR) is 76.1 cm³/mol. The highest BCUT2D eigenvalue weighted by atomic mass is 32.1. The van der Waals surface area contributed by atoms with Gasteiger partial charge in [0, 0.05) is 25.6 Å². The van der Waals surface area contributed by atoms with Gasteiger partial charge < -0.3 is 10.6 Å². The van der Waals surface area contributed by atoms with Crippen molar-refractivity contribution in [3.63, 3.8) is 0 Å². The molecule has 4 heteroatoms. The van der Waals surface area contributed by atoms with Crippen LogP contribution in [0.25, 0.3) is 0 Å². The molecule has 0 unspecified atom stereocenters. The summed E-state index contributed by atoms with van der Waals surface area (Å²) >= 11 is 4.95. The summed E-state index contributed by atoms with van der Waals surface area (Å²) in [5.74, 6) is 0.848. The number of carbonyl (C=O) groups is 1. The second-order valence-electron chi connectivity index (χ2n) is 4.96. The average molecular weight is 262 g/mol. The summed E-state index contributed by atoms with van der Waals surface area (Å²) in [6.45, 7) is 0.613. The van der Waals surface area contributed by atoms with Gasteiger partial charge in [0.05, 0.1) is 0 Å². The van der Waals surface area contributed by atoms with Crippen LogP contribution in [0.2, 0.25) is 0 Å². The smallest absolute Gasteiger partial charge is 0.222 e. The van der Waals surface area contributed by atoms with Gasteiger partial charge in [-0.05, 0) is 30.4 Å². The lowest BCUT2D eigenvalue weighted by molar-refractivity contribution is -0.130. The molecule has 1 amide bonds. The van der Waals surface area contributed by atoms with Gasteiger partial charge in [-0.15, -0.1) is 0 Å². The van der Waals surface area contributed by atoms with Crippen molar-refractivity contribution in [1.82, 2.24) is 4.90 Å². The molecule has 0 heterocycles. The van der Waals surface area contributed by atoms with Crippen LogP contribution in [0.1, 0.15) is 30.4 Å². The molecular weight excluding hydrogens is 244 g/mol. The second-order valence-corrected chi connectivity index (χ2v) is 5.40. The number of nitrogens with two attached hydrogens (primary N) is 1. The molecular formula is C14H18N2OS. The number of hydrogen-bond donors (Lipinski definition) is 1. The molecule has 0 bridgehead atoms. The number of carbonyl (C=O) groups excluding carboxylic acids is 1. The van der Waals surface area contributed by atoms with Crippen molar-refractivity contribution >= 4 is 23.1 Å². The van der Waals surface area contributed by atoms with Gasteiger partial charge in [0.25, 0.3) is 0 Å². The molecule has 1 aromatic carbocycles. The Bertz CT molecular complexity index is 469. The molecule has 0 aromatic heterocycles. The molecule has 0 radical (unpaired) electrons. The lowest BCUT2D eigenvalue weighted by Crippen LogP contribution is -2.26. The number of nitrogens with zero attached hydrogens (tertiary/aromatic N) is 1. The average Bonchev–Trinajstić information content (AvgIpc) is 3.13. The van der Waals surface area contributed by atoms with E-state index < -0.39 is 0 Å². The van der Waals surface area contributed by atoms with Gasteiger partial charge in [0.2, 0.25) is 5.91 Å². The molecule has 96 valence electrons. The van der Waals surface area contributed by atoms with Crippen LogP contribution in [-0.4, -0.2) is 22.8 Å². The van der Waals surface area contributed by atoms with Crippen molar-refractivity contribution in [2.75, 3.05) is 7.05 Å². The van der Waals surface area contributed by atoms with Crippen LogP contribution in [0.15, 0.2) is 24.3 Å². The van der Waals surface area contributed by atoms with Gasteiger partial charge in [-0.25, -0.2) is 0 Å². The Balaban J connectivity index is 1.96. The number of rotatable bonds is 5. The Morgan fingerprint density at radius 2 is 2.22 bits per heavy atom. The summed E-state index contributed by atoms with van der Waals surface area (Å²) in [5, 5.41) is 0. The third kappa shape index (κ3) is 3.53. The first-order chi connectivity index (χ1) is 8.56. The van der Waals surface area contributed by atoms with Crippen LogP contribution in [0.4, 0.5) is 0 Å². The monoisotopic (exact) mass is 262 g/mol. The number of thiocarbonyl (C=S) groups is 1. The van der Waals surface area contributed by atoms with Crippen LogP contribution >= 0.6 is 12.2 Å². The third-order valence-corrected chi connectivity index (χ3v) is 3.45. The van der Waals surface area contributed by atoms with Crippen LogP contribution in [0.3, 0.4) is 0 Å². The minimum atomic E-state index is 0.221. The summed E-state index contributed by atoms with van der Waals surface area (Å²) in [7, 11) is 1.85. The maximum absolute atomic E-state index is 11.9. The Hall–Kier alpha value is -1.42. The largest absolute Gasteiger partial charge is 0.389 e. The lowest BCUT2D eigenvalue weighted by atomic mass is 10.1. The first kappa shape index (κ1) is 13.0. The van der Waals surface area contributed by atoms with E-state index in [4.69, 9.17) is 18.0 Å². The van der Waals surface area contributed by atoms with Crippen molar-refractivity contribution in [3.05, 3.63) is 35.4 Å². The number of hydrogen-bond acceptors (Lipinski definition) is 2. The van der Waals surface area contributed by atoms with E-state index in [9.17, 15) is 4.79 Å². The summed E-state index contributed by atoms with van der Waals surface area (Å²) in [6, 6.07) is 7.74.